The number of carbonyl (C=O) groups excluding carboxylic acids is 1. The van der Waals surface area contributed by atoms with Gasteiger partial charge >= 0.3 is 0 Å². The number of nitrogens with one attached hydrogen (secondary N) is 1. The Morgan fingerprint density at radius 2 is 0.656 bits per heavy atom. The third kappa shape index (κ3) is 45.4. The molecule has 64 heavy (non-hydrogen) atoms. The summed E-state index contributed by atoms with van der Waals surface area (Å²) in [7, 11) is 0. The van der Waals surface area contributed by atoms with Crippen LogP contribution in [-0.2, 0) is 4.79 Å². The Balaban J connectivity index is 3.73. The largest absolute Gasteiger partial charge is 0.394 e. The van der Waals surface area contributed by atoms with Gasteiger partial charge in [0.2, 0.25) is 5.91 Å². The summed E-state index contributed by atoms with van der Waals surface area (Å²) in [4.78, 5) is 12.6. The molecule has 0 aromatic carbocycles. The highest BCUT2D eigenvalue weighted by atomic mass is 16.3. The summed E-state index contributed by atoms with van der Waals surface area (Å²) in [5, 5.41) is 43.9. The Hall–Kier alpha value is -1.73. The van der Waals surface area contributed by atoms with Crippen LogP contribution >= 0.6 is 0 Å². The van der Waals surface area contributed by atoms with Crippen LogP contribution in [0.1, 0.15) is 284 Å². The molecule has 0 bridgehead atoms. The maximum absolute atomic E-state index is 12.6. The van der Waals surface area contributed by atoms with E-state index in [-0.39, 0.29) is 0 Å². The zero-order valence-corrected chi connectivity index (χ0v) is 42.5. The molecule has 0 spiro atoms. The maximum Gasteiger partial charge on any atom is 0.249 e. The summed E-state index contributed by atoms with van der Waals surface area (Å²) in [6.07, 6.45) is 66.1. The van der Waals surface area contributed by atoms with Gasteiger partial charge in [0.15, 0.2) is 0 Å². The minimum absolute atomic E-state index is 0.351. The monoisotopic (exact) mass is 900 g/mol. The molecule has 4 atom stereocenters. The zero-order chi connectivity index (χ0) is 46.7. The van der Waals surface area contributed by atoms with Gasteiger partial charge in [-0.15, -0.1) is 0 Å². The molecular weight excluding hydrogens is 791 g/mol. The number of hydrogen-bond donors (Lipinski definition) is 5. The highest BCUT2D eigenvalue weighted by Gasteiger charge is 2.28. The van der Waals surface area contributed by atoms with Crippen LogP contribution in [0.2, 0.25) is 0 Å². The van der Waals surface area contributed by atoms with Gasteiger partial charge in [-0.1, -0.05) is 242 Å². The molecule has 0 aliphatic rings. The number of aliphatic hydroxyl groups is 4. The second-order valence-corrected chi connectivity index (χ2v) is 19.3. The van der Waals surface area contributed by atoms with Crippen molar-refractivity contribution in [3.05, 3.63) is 48.6 Å². The van der Waals surface area contributed by atoms with Gasteiger partial charge in [0.1, 0.15) is 12.2 Å². The molecule has 0 saturated heterocycles. The lowest BCUT2D eigenvalue weighted by molar-refractivity contribution is -0.132. The van der Waals surface area contributed by atoms with E-state index in [0.717, 1.165) is 64.2 Å². The Morgan fingerprint density at radius 3 is 0.984 bits per heavy atom. The fourth-order valence-electron chi connectivity index (χ4n) is 8.55. The van der Waals surface area contributed by atoms with Gasteiger partial charge in [0.25, 0.3) is 0 Å². The maximum atomic E-state index is 12.6. The van der Waals surface area contributed by atoms with Gasteiger partial charge in [-0.2, -0.15) is 0 Å². The zero-order valence-electron chi connectivity index (χ0n) is 42.5. The lowest BCUT2D eigenvalue weighted by atomic mass is 10.00. The molecular formula is C58H109NO5. The lowest BCUT2D eigenvalue weighted by Gasteiger charge is -2.27. The lowest BCUT2D eigenvalue weighted by Crippen LogP contribution is -2.53. The summed E-state index contributed by atoms with van der Waals surface area (Å²) in [6, 6.07) is -1.02. The Labute approximate surface area is 398 Å². The second kappa shape index (κ2) is 52.2. The van der Waals surface area contributed by atoms with E-state index in [2.05, 4.69) is 67.8 Å². The summed E-state index contributed by atoms with van der Waals surface area (Å²) < 4.78 is 0. The van der Waals surface area contributed by atoms with Crippen LogP contribution in [0.25, 0.3) is 0 Å². The Morgan fingerprint density at radius 1 is 0.375 bits per heavy atom. The van der Waals surface area contributed by atoms with Gasteiger partial charge in [0.05, 0.1) is 18.8 Å². The molecule has 0 aromatic heterocycles. The second-order valence-electron chi connectivity index (χ2n) is 19.3. The number of aliphatic hydroxyl groups excluding tert-OH is 4. The first kappa shape index (κ1) is 62.3. The molecule has 5 N–H and O–H groups in total. The van der Waals surface area contributed by atoms with Crippen molar-refractivity contribution >= 4 is 5.91 Å². The summed E-state index contributed by atoms with van der Waals surface area (Å²) in [5.41, 5.74) is 0. The number of allylic oxidation sites excluding steroid dienone is 8. The molecule has 1 amide bonds. The van der Waals surface area contributed by atoms with E-state index < -0.39 is 36.9 Å². The van der Waals surface area contributed by atoms with Crippen LogP contribution in [0.3, 0.4) is 0 Å². The SMILES string of the molecule is CCCCCCCCCCCCC/C=C\CCCCCCCCC(O)C(=O)NC(CO)C(O)C(O)CCC/C=C/CC/C=C/CC/C=C/CCCCCCCCCCCCCCCC. The molecule has 0 aromatic rings. The molecule has 4 unspecified atom stereocenters. The third-order valence-corrected chi connectivity index (χ3v) is 13.0. The number of amides is 1. The predicted molar refractivity (Wildman–Crippen MR) is 279 cm³/mol. The number of unbranched alkanes of at least 4 members (excludes halogenated alkanes) is 34. The van der Waals surface area contributed by atoms with Crippen LogP contribution in [0.15, 0.2) is 48.6 Å². The van der Waals surface area contributed by atoms with Crippen molar-refractivity contribution in [1.29, 1.82) is 0 Å². The molecule has 0 aliphatic heterocycles. The van der Waals surface area contributed by atoms with Crippen LogP contribution in [0, 0.1) is 0 Å². The van der Waals surface area contributed by atoms with Crippen LogP contribution in [0.4, 0.5) is 0 Å². The summed E-state index contributed by atoms with van der Waals surface area (Å²) in [6.45, 7) is 4.06. The molecule has 0 rings (SSSR count). The van der Waals surface area contributed by atoms with Crippen molar-refractivity contribution in [1.82, 2.24) is 5.32 Å². The first-order chi connectivity index (χ1) is 31.5. The Kier molecular flexibility index (Phi) is 50.8. The highest BCUT2D eigenvalue weighted by Crippen LogP contribution is 2.16. The van der Waals surface area contributed by atoms with Gasteiger partial charge in [-0.25, -0.2) is 0 Å². The van der Waals surface area contributed by atoms with Gasteiger partial charge in [-0.3, -0.25) is 4.79 Å². The molecule has 0 fully saturated rings. The van der Waals surface area contributed by atoms with Crippen molar-refractivity contribution in [2.24, 2.45) is 0 Å². The van der Waals surface area contributed by atoms with Crippen LogP contribution in [0.5, 0.6) is 0 Å². The van der Waals surface area contributed by atoms with E-state index in [1.807, 2.05) is 0 Å². The average Bonchev–Trinajstić information content (AvgIpc) is 3.30. The van der Waals surface area contributed by atoms with E-state index in [9.17, 15) is 25.2 Å². The van der Waals surface area contributed by atoms with Gasteiger partial charge in [-0.05, 0) is 89.9 Å². The summed E-state index contributed by atoms with van der Waals surface area (Å²) >= 11 is 0. The van der Waals surface area contributed by atoms with Gasteiger partial charge < -0.3 is 25.7 Å². The van der Waals surface area contributed by atoms with Crippen molar-refractivity contribution < 1.29 is 25.2 Å². The van der Waals surface area contributed by atoms with E-state index in [1.165, 1.54) is 186 Å². The number of rotatable bonds is 51. The minimum atomic E-state index is -1.30. The molecule has 6 heteroatoms. The topological polar surface area (TPSA) is 110 Å². The van der Waals surface area contributed by atoms with E-state index >= 15 is 0 Å². The number of hydrogen-bond acceptors (Lipinski definition) is 5. The van der Waals surface area contributed by atoms with Crippen molar-refractivity contribution in [2.75, 3.05) is 6.61 Å². The van der Waals surface area contributed by atoms with Gasteiger partial charge in [0, 0.05) is 0 Å². The first-order valence-corrected chi connectivity index (χ1v) is 28.0. The van der Waals surface area contributed by atoms with Crippen molar-refractivity contribution in [2.45, 2.75) is 308 Å². The van der Waals surface area contributed by atoms with E-state index in [0.29, 0.717) is 19.3 Å². The van der Waals surface area contributed by atoms with E-state index in [1.54, 1.807) is 0 Å². The first-order valence-electron chi connectivity index (χ1n) is 28.0. The minimum Gasteiger partial charge on any atom is -0.394 e. The standard InChI is InChI=1S/C58H109NO5/c1-3-5-7-9-11-13-15-17-19-21-23-25-26-27-28-29-30-32-33-35-37-39-41-43-45-47-49-51-55(61)57(63)54(53-60)59-58(64)56(62)52-50-48-46-44-42-40-38-36-34-31-24-22-20-18-16-14-12-10-8-6-4-2/h29-30,34-37,43,45,54-57,60-63H,3-28,31-33,38-42,44,46-53H2,1-2H3,(H,59,64)/b30-29+,36-34-,37-35+,45-43+. The van der Waals surface area contributed by atoms with Crippen molar-refractivity contribution in [3.63, 3.8) is 0 Å². The van der Waals surface area contributed by atoms with Crippen molar-refractivity contribution in [3.8, 4) is 0 Å². The number of carbonyl (C=O) groups is 1. The smallest absolute Gasteiger partial charge is 0.249 e. The molecule has 6 nitrogen and oxygen atoms in total. The predicted octanol–water partition coefficient (Wildman–Crippen LogP) is 16.2. The quantitative estimate of drug-likeness (QED) is 0.0309. The van der Waals surface area contributed by atoms with Crippen LogP contribution in [-0.4, -0.2) is 57.3 Å². The molecule has 0 aliphatic carbocycles. The molecule has 376 valence electrons. The average molecular weight is 901 g/mol. The molecule has 0 heterocycles. The Bertz CT molecular complexity index is 1060. The highest BCUT2D eigenvalue weighted by molar-refractivity contribution is 5.80. The van der Waals surface area contributed by atoms with E-state index in [4.69, 9.17) is 0 Å². The molecule has 0 radical (unpaired) electrons. The fourth-order valence-corrected chi connectivity index (χ4v) is 8.55. The summed E-state index contributed by atoms with van der Waals surface area (Å²) in [5.74, 6) is -0.603. The van der Waals surface area contributed by atoms with Crippen LogP contribution < -0.4 is 5.32 Å². The molecule has 0 saturated carbocycles. The third-order valence-electron chi connectivity index (χ3n) is 13.0. The normalized spacial score (nSPS) is 14.2. The fraction of sp³-hybridized carbons (Fsp3) is 0.845.